The van der Waals surface area contributed by atoms with Crippen molar-refractivity contribution in [1.82, 2.24) is 14.9 Å². The van der Waals surface area contributed by atoms with Crippen LogP contribution in [0.1, 0.15) is 29.9 Å². The molecule has 2 amide bonds. The van der Waals surface area contributed by atoms with Gasteiger partial charge < -0.3 is 15.5 Å². The topological polar surface area (TPSA) is 87.2 Å². The van der Waals surface area contributed by atoms with Gasteiger partial charge in [-0.2, -0.15) is 0 Å². The van der Waals surface area contributed by atoms with Crippen molar-refractivity contribution in [2.24, 2.45) is 0 Å². The number of rotatable bonds is 7. The highest BCUT2D eigenvalue weighted by Crippen LogP contribution is 2.18. The van der Waals surface area contributed by atoms with Gasteiger partial charge in [0.2, 0.25) is 5.91 Å². The Morgan fingerprint density at radius 2 is 1.66 bits per heavy atom. The van der Waals surface area contributed by atoms with Crippen LogP contribution in [0.4, 0.5) is 17.2 Å². The molecule has 148 valence electrons. The first-order valence-electron chi connectivity index (χ1n) is 9.35. The molecular weight excluding hydrogens is 366 g/mol. The average Bonchev–Trinajstić information content (AvgIpc) is 2.73. The summed E-state index contributed by atoms with van der Waals surface area (Å²) in [7, 11) is 0. The number of nitrogens with zero attached hydrogens (tertiary/aromatic N) is 3. The van der Waals surface area contributed by atoms with Crippen LogP contribution in [0.3, 0.4) is 0 Å². The average molecular weight is 389 g/mol. The summed E-state index contributed by atoms with van der Waals surface area (Å²) < 4.78 is 0. The monoisotopic (exact) mass is 389 g/mol. The number of amides is 2. The smallest absolute Gasteiger partial charge is 0.272 e. The summed E-state index contributed by atoms with van der Waals surface area (Å²) in [4.78, 5) is 34.1. The Balaban J connectivity index is 1.71. The molecule has 1 heterocycles. The SMILES string of the molecule is CCN(Cc1ccccc1)C(=O)c1cc(Nc2ccc(NC(C)=O)cc2)ncn1. The van der Waals surface area contributed by atoms with Crippen molar-refractivity contribution in [3.63, 3.8) is 0 Å². The van der Waals surface area contributed by atoms with Crippen LogP contribution in [-0.2, 0) is 11.3 Å². The molecule has 29 heavy (non-hydrogen) atoms. The third kappa shape index (κ3) is 5.62. The zero-order valence-electron chi connectivity index (χ0n) is 16.4. The summed E-state index contributed by atoms with van der Waals surface area (Å²) in [5.41, 5.74) is 2.89. The van der Waals surface area contributed by atoms with Gasteiger partial charge in [0.25, 0.3) is 5.91 Å². The van der Waals surface area contributed by atoms with Crippen LogP contribution in [0, 0.1) is 0 Å². The van der Waals surface area contributed by atoms with Gasteiger partial charge in [0.15, 0.2) is 0 Å². The molecule has 3 aromatic rings. The van der Waals surface area contributed by atoms with E-state index in [1.165, 1.54) is 13.3 Å². The zero-order chi connectivity index (χ0) is 20.6. The number of aromatic nitrogens is 2. The maximum absolute atomic E-state index is 12.9. The number of carbonyl (C=O) groups is 2. The number of anilines is 3. The minimum absolute atomic E-state index is 0.124. The van der Waals surface area contributed by atoms with E-state index in [0.717, 1.165) is 11.3 Å². The summed E-state index contributed by atoms with van der Waals surface area (Å²) in [5.74, 6) is 0.245. The van der Waals surface area contributed by atoms with Crippen molar-refractivity contribution in [2.45, 2.75) is 20.4 Å². The van der Waals surface area contributed by atoms with Gasteiger partial charge in [-0.1, -0.05) is 30.3 Å². The Labute approximate surface area is 169 Å². The van der Waals surface area contributed by atoms with Gasteiger partial charge in [-0.05, 0) is 36.8 Å². The fraction of sp³-hybridized carbons (Fsp3) is 0.182. The summed E-state index contributed by atoms with van der Waals surface area (Å²) in [6.45, 7) is 4.50. The lowest BCUT2D eigenvalue weighted by molar-refractivity contribution is -0.114. The first kappa shape index (κ1) is 20.0. The molecule has 7 heteroatoms. The van der Waals surface area contributed by atoms with Gasteiger partial charge in [-0.25, -0.2) is 9.97 Å². The van der Waals surface area contributed by atoms with Crippen molar-refractivity contribution in [2.75, 3.05) is 17.2 Å². The number of hydrogen-bond acceptors (Lipinski definition) is 5. The molecule has 0 bridgehead atoms. The molecule has 0 aliphatic heterocycles. The fourth-order valence-electron chi connectivity index (χ4n) is 2.82. The highest BCUT2D eigenvalue weighted by Gasteiger charge is 2.16. The van der Waals surface area contributed by atoms with Crippen LogP contribution in [0.15, 0.2) is 67.0 Å². The van der Waals surface area contributed by atoms with Crippen molar-refractivity contribution in [1.29, 1.82) is 0 Å². The van der Waals surface area contributed by atoms with Crippen LogP contribution in [-0.4, -0.2) is 33.2 Å². The molecule has 0 saturated heterocycles. The molecule has 0 fully saturated rings. The minimum Gasteiger partial charge on any atom is -0.340 e. The van der Waals surface area contributed by atoms with Gasteiger partial charge >= 0.3 is 0 Å². The highest BCUT2D eigenvalue weighted by molar-refractivity contribution is 5.93. The van der Waals surface area contributed by atoms with E-state index < -0.39 is 0 Å². The summed E-state index contributed by atoms with van der Waals surface area (Å²) in [6, 6.07) is 18.7. The largest absolute Gasteiger partial charge is 0.340 e. The first-order valence-corrected chi connectivity index (χ1v) is 9.35. The summed E-state index contributed by atoms with van der Waals surface area (Å²) in [5, 5.41) is 5.87. The molecule has 3 rings (SSSR count). The maximum Gasteiger partial charge on any atom is 0.272 e. The van der Waals surface area contributed by atoms with Crippen molar-refractivity contribution < 1.29 is 9.59 Å². The van der Waals surface area contributed by atoms with Gasteiger partial charge in [-0.15, -0.1) is 0 Å². The maximum atomic E-state index is 12.9. The molecule has 2 aromatic carbocycles. The number of hydrogen-bond donors (Lipinski definition) is 2. The van der Waals surface area contributed by atoms with E-state index in [-0.39, 0.29) is 11.8 Å². The minimum atomic E-state index is -0.150. The zero-order valence-corrected chi connectivity index (χ0v) is 16.4. The number of benzene rings is 2. The van der Waals surface area contributed by atoms with Gasteiger partial charge in [0.05, 0.1) is 0 Å². The summed E-state index contributed by atoms with van der Waals surface area (Å²) in [6.07, 6.45) is 1.37. The highest BCUT2D eigenvalue weighted by atomic mass is 16.2. The fourth-order valence-corrected chi connectivity index (χ4v) is 2.82. The number of nitrogens with one attached hydrogen (secondary N) is 2. The molecule has 0 aliphatic carbocycles. The lowest BCUT2D eigenvalue weighted by Crippen LogP contribution is -2.31. The Morgan fingerprint density at radius 3 is 2.31 bits per heavy atom. The third-order valence-electron chi connectivity index (χ3n) is 4.25. The Bertz CT molecular complexity index is 974. The molecule has 0 spiro atoms. The molecule has 1 aromatic heterocycles. The number of carbonyl (C=O) groups excluding carboxylic acids is 2. The third-order valence-corrected chi connectivity index (χ3v) is 4.25. The molecule has 0 aliphatic rings. The first-order chi connectivity index (χ1) is 14.0. The second-order valence-corrected chi connectivity index (χ2v) is 6.48. The van der Waals surface area contributed by atoms with Crippen LogP contribution < -0.4 is 10.6 Å². The van der Waals surface area contributed by atoms with Crippen molar-refractivity contribution >= 4 is 29.0 Å². The lowest BCUT2D eigenvalue weighted by Gasteiger charge is -2.20. The Hall–Kier alpha value is -3.74. The second kappa shape index (κ2) is 9.45. The van der Waals surface area contributed by atoms with E-state index in [2.05, 4.69) is 20.6 Å². The van der Waals surface area contributed by atoms with Gasteiger partial charge in [0.1, 0.15) is 17.8 Å². The summed E-state index contributed by atoms with van der Waals surface area (Å²) >= 11 is 0. The predicted octanol–water partition coefficient (Wildman–Crippen LogP) is 3.84. The molecule has 0 atom stereocenters. The normalized spacial score (nSPS) is 10.3. The van der Waals surface area contributed by atoms with E-state index in [1.54, 1.807) is 23.1 Å². The Morgan fingerprint density at radius 1 is 0.966 bits per heavy atom. The molecule has 0 saturated carbocycles. The molecule has 0 unspecified atom stereocenters. The van der Waals surface area contributed by atoms with E-state index in [4.69, 9.17) is 0 Å². The van der Waals surface area contributed by atoms with E-state index in [9.17, 15) is 9.59 Å². The van der Waals surface area contributed by atoms with E-state index in [1.807, 2.05) is 49.4 Å². The van der Waals surface area contributed by atoms with Crippen molar-refractivity contribution in [3.05, 3.63) is 78.2 Å². The quantitative estimate of drug-likeness (QED) is 0.641. The van der Waals surface area contributed by atoms with E-state index in [0.29, 0.717) is 30.3 Å². The van der Waals surface area contributed by atoms with Crippen LogP contribution in [0.25, 0.3) is 0 Å². The lowest BCUT2D eigenvalue weighted by atomic mass is 10.2. The van der Waals surface area contributed by atoms with Crippen LogP contribution in [0.2, 0.25) is 0 Å². The standard InChI is InChI=1S/C22H23N5O2/c1-3-27(14-17-7-5-4-6-8-17)22(29)20-13-21(24-15-23-20)26-19-11-9-18(10-12-19)25-16(2)28/h4-13,15H,3,14H2,1-2H3,(H,25,28)(H,23,24,26). The van der Waals surface area contributed by atoms with Gasteiger partial charge in [0, 0.05) is 37.5 Å². The molecule has 0 radical (unpaired) electrons. The second-order valence-electron chi connectivity index (χ2n) is 6.48. The predicted molar refractivity (Wildman–Crippen MR) is 113 cm³/mol. The Kier molecular flexibility index (Phi) is 6.52. The molecular formula is C22H23N5O2. The molecule has 2 N–H and O–H groups in total. The van der Waals surface area contributed by atoms with E-state index >= 15 is 0 Å². The van der Waals surface area contributed by atoms with Crippen molar-refractivity contribution in [3.8, 4) is 0 Å². The van der Waals surface area contributed by atoms with Crippen LogP contribution in [0.5, 0.6) is 0 Å². The molecule has 7 nitrogen and oxygen atoms in total. The van der Waals surface area contributed by atoms with Crippen LogP contribution >= 0.6 is 0 Å². The van der Waals surface area contributed by atoms with Gasteiger partial charge in [-0.3, -0.25) is 9.59 Å².